The fourth-order valence-corrected chi connectivity index (χ4v) is 4.39. The van der Waals surface area contributed by atoms with Crippen molar-refractivity contribution in [2.24, 2.45) is 7.05 Å². The summed E-state index contributed by atoms with van der Waals surface area (Å²) in [5.74, 6) is -5.55. The highest BCUT2D eigenvalue weighted by molar-refractivity contribution is 5.91. The second-order valence-corrected chi connectivity index (χ2v) is 8.58. The maximum absolute atomic E-state index is 14.7. The summed E-state index contributed by atoms with van der Waals surface area (Å²) in [6, 6.07) is 6.19. The Kier molecular flexibility index (Phi) is 6.18. The quantitative estimate of drug-likeness (QED) is 0.394. The molecule has 5 rings (SSSR count). The molecule has 0 unspecified atom stereocenters. The number of phenolic OH excluding ortho intramolecular Hbond substituents is 1. The van der Waals surface area contributed by atoms with Gasteiger partial charge in [-0.05, 0) is 30.2 Å². The lowest BCUT2D eigenvalue weighted by Crippen LogP contribution is -2.47. The third kappa shape index (κ3) is 4.54. The molecule has 0 bridgehead atoms. The van der Waals surface area contributed by atoms with Gasteiger partial charge in [0.15, 0.2) is 23.0 Å². The predicted molar refractivity (Wildman–Crippen MR) is 120 cm³/mol. The number of nitrogens with zero attached hydrogens (tertiary/aromatic N) is 5. The highest BCUT2D eigenvalue weighted by Crippen LogP contribution is 2.41. The van der Waals surface area contributed by atoms with Crippen LogP contribution in [-0.4, -0.2) is 50.7 Å². The van der Waals surface area contributed by atoms with E-state index in [4.69, 9.17) is 4.74 Å². The molecule has 0 saturated carbocycles. The molecule has 1 fully saturated rings. The van der Waals surface area contributed by atoms with E-state index < -0.39 is 34.7 Å². The van der Waals surface area contributed by atoms with Gasteiger partial charge in [0.05, 0.1) is 30.2 Å². The molecule has 2 aromatic carbocycles. The number of benzene rings is 2. The Morgan fingerprint density at radius 3 is 2.65 bits per heavy atom. The molecule has 0 radical (unpaired) electrons. The predicted octanol–water partition coefficient (Wildman–Crippen LogP) is 4.62. The Labute approximate surface area is 205 Å². The molecular weight excluding hydrogens is 504 g/mol. The molecule has 13 heteroatoms. The number of ether oxygens (including phenoxy) is 1. The minimum absolute atomic E-state index is 0.0965. The van der Waals surface area contributed by atoms with Gasteiger partial charge in [0.2, 0.25) is 5.95 Å². The molecule has 1 aliphatic rings. The highest BCUT2D eigenvalue weighted by Gasteiger charge is 2.38. The molecule has 0 aliphatic carbocycles. The van der Waals surface area contributed by atoms with E-state index in [1.54, 1.807) is 12.1 Å². The first kappa shape index (κ1) is 24.8. The average Bonchev–Trinajstić information content (AvgIpc) is 3.18. The lowest BCUT2D eigenvalue weighted by Gasteiger charge is -2.35. The normalized spacial score (nSPS) is 16.5. The number of hydrogen-bond donors (Lipinski definition) is 1. The van der Waals surface area contributed by atoms with Crippen LogP contribution in [0.25, 0.3) is 22.3 Å². The average molecular weight is 523 g/mol. The van der Waals surface area contributed by atoms with Crippen LogP contribution in [-0.2, 0) is 24.4 Å². The van der Waals surface area contributed by atoms with Crippen LogP contribution in [0.1, 0.15) is 11.1 Å². The Bertz CT molecular complexity index is 1490. The van der Waals surface area contributed by atoms with E-state index in [9.17, 15) is 31.4 Å². The summed E-state index contributed by atoms with van der Waals surface area (Å²) in [7, 11) is 1.46. The van der Waals surface area contributed by atoms with Gasteiger partial charge in [-0.15, -0.1) is 0 Å². The third-order valence-electron chi connectivity index (χ3n) is 6.15. The monoisotopic (exact) mass is 523 g/mol. The summed E-state index contributed by atoms with van der Waals surface area (Å²) in [5.41, 5.74) is -1.94. The van der Waals surface area contributed by atoms with E-state index in [-0.39, 0.29) is 40.6 Å². The summed E-state index contributed by atoms with van der Waals surface area (Å²) >= 11 is 0. The van der Waals surface area contributed by atoms with Gasteiger partial charge in [0, 0.05) is 25.4 Å². The second kappa shape index (κ2) is 9.21. The number of aromatic hydroxyl groups is 1. The van der Waals surface area contributed by atoms with Gasteiger partial charge in [-0.3, -0.25) is 0 Å². The lowest BCUT2D eigenvalue weighted by atomic mass is 10.0. The number of aryl methyl sites for hydroxylation is 1. The largest absolute Gasteiger partial charge is 0.503 e. The van der Waals surface area contributed by atoms with Gasteiger partial charge >= 0.3 is 6.18 Å². The first-order valence-corrected chi connectivity index (χ1v) is 11.1. The van der Waals surface area contributed by atoms with Gasteiger partial charge in [0.25, 0.3) is 0 Å². The van der Waals surface area contributed by atoms with Crippen molar-refractivity contribution in [2.45, 2.75) is 18.6 Å². The molecule has 0 spiro atoms. The van der Waals surface area contributed by atoms with Gasteiger partial charge in [-0.25, -0.2) is 22.8 Å². The fraction of sp³-hybridized carbons (Fsp3) is 0.292. The number of anilines is 1. The van der Waals surface area contributed by atoms with Crippen LogP contribution < -0.4 is 4.90 Å². The summed E-state index contributed by atoms with van der Waals surface area (Å²) in [4.78, 5) is 10.7. The van der Waals surface area contributed by atoms with Gasteiger partial charge in [-0.2, -0.15) is 23.3 Å². The second-order valence-electron chi connectivity index (χ2n) is 8.58. The van der Waals surface area contributed by atoms with Crippen LogP contribution >= 0.6 is 0 Å². The Balaban J connectivity index is 1.55. The van der Waals surface area contributed by atoms with Gasteiger partial charge < -0.3 is 14.7 Å². The molecule has 0 amide bonds. The smallest absolute Gasteiger partial charge is 0.419 e. The molecule has 1 saturated heterocycles. The number of hydrogen-bond acceptors (Lipinski definition) is 6. The van der Waals surface area contributed by atoms with E-state index in [0.29, 0.717) is 26.2 Å². The Morgan fingerprint density at radius 1 is 1.14 bits per heavy atom. The van der Waals surface area contributed by atoms with Crippen molar-refractivity contribution in [3.8, 4) is 17.0 Å². The molecule has 7 nitrogen and oxygen atoms in total. The van der Waals surface area contributed by atoms with E-state index in [0.717, 1.165) is 5.56 Å². The van der Waals surface area contributed by atoms with E-state index in [1.807, 2.05) is 4.90 Å². The number of alkyl halides is 3. The zero-order valence-electron chi connectivity index (χ0n) is 19.2. The van der Waals surface area contributed by atoms with E-state index >= 15 is 0 Å². The van der Waals surface area contributed by atoms with E-state index in [2.05, 4.69) is 15.1 Å². The van der Waals surface area contributed by atoms with E-state index in [1.165, 1.54) is 30.1 Å². The molecule has 1 aliphatic heterocycles. The zero-order chi connectivity index (χ0) is 26.5. The molecule has 37 heavy (non-hydrogen) atoms. The maximum Gasteiger partial charge on any atom is 0.419 e. The van der Waals surface area contributed by atoms with Crippen molar-refractivity contribution in [3.63, 3.8) is 0 Å². The van der Waals surface area contributed by atoms with Crippen molar-refractivity contribution in [2.75, 3.05) is 24.7 Å². The standard InChI is InChI=1S/C24H19F6N5O2/c1-34-22-16(20(33-34)15-9-17(24(28,29)30)19(27)21(36)18(15)26)10-31-23(32-22)35-5-6-37-11-14(35)8-12-3-2-4-13(25)7-12/h2-4,7,9-10,14,36H,5-6,8,11H2,1H3/t14-/m1/s1. The van der Waals surface area contributed by atoms with Crippen LogP contribution in [0.15, 0.2) is 36.5 Å². The molecule has 1 N–H and O–H groups in total. The van der Waals surface area contributed by atoms with Crippen LogP contribution in [0.5, 0.6) is 5.75 Å². The minimum atomic E-state index is -5.18. The first-order chi connectivity index (χ1) is 17.5. The summed E-state index contributed by atoms with van der Waals surface area (Å²) in [6.07, 6.45) is -3.46. The SMILES string of the molecule is Cn1nc(-c2cc(C(F)(F)F)c(F)c(O)c2F)c2cnc(N3CCOC[C@H]3Cc3cccc(F)c3)nc21. The van der Waals surface area contributed by atoms with Crippen molar-refractivity contribution in [1.82, 2.24) is 19.7 Å². The summed E-state index contributed by atoms with van der Waals surface area (Å²) < 4.78 is 89.0. The number of morpholine rings is 1. The van der Waals surface area contributed by atoms with Crippen LogP contribution in [0.3, 0.4) is 0 Å². The minimum Gasteiger partial charge on any atom is -0.503 e. The summed E-state index contributed by atoms with van der Waals surface area (Å²) in [6.45, 7) is 1.14. The Morgan fingerprint density at radius 2 is 1.92 bits per heavy atom. The maximum atomic E-state index is 14.7. The lowest BCUT2D eigenvalue weighted by molar-refractivity contribution is -0.140. The first-order valence-electron chi connectivity index (χ1n) is 11.1. The van der Waals surface area contributed by atoms with Crippen molar-refractivity contribution in [1.29, 1.82) is 0 Å². The number of aromatic nitrogens is 4. The third-order valence-corrected chi connectivity index (χ3v) is 6.15. The fourth-order valence-electron chi connectivity index (χ4n) is 4.39. The molecule has 1 atom stereocenters. The summed E-state index contributed by atoms with van der Waals surface area (Å²) in [5, 5.41) is 13.9. The zero-order valence-corrected chi connectivity index (χ0v) is 19.2. The van der Waals surface area contributed by atoms with Crippen molar-refractivity contribution >= 4 is 17.0 Å². The number of fused-ring (bicyclic) bond motifs is 1. The molecule has 2 aromatic heterocycles. The Hall–Kier alpha value is -3.87. The highest BCUT2D eigenvalue weighted by atomic mass is 19.4. The number of phenols is 1. The van der Waals surface area contributed by atoms with Crippen molar-refractivity contribution < 1.29 is 36.2 Å². The van der Waals surface area contributed by atoms with Crippen LogP contribution in [0, 0.1) is 17.5 Å². The molecule has 3 heterocycles. The molecular formula is C24H19F6N5O2. The van der Waals surface area contributed by atoms with Crippen LogP contribution in [0.2, 0.25) is 0 Å². The number of halogens is 6. The molecule has 4 aromatic rings. The van der Waals surface area contributed by atoms with Gasteiger partial charge in [-0.1, -0.05) is 12.1 Å². The van der Waals surface area contributed by atoms with Crippen molar-refractivity contribution in [3.05, 3.63) is 65.1 Å². The van der Waals surface area contributed by atoms with Crippen LogP contribution in [0.4, 0.5) is 32.3 Å². The number of rotatable bonds is 4. The van der Waals surface area contributed by atoms with Gasteiger partial charge in [0.1, 0.15) is 11.5 Å². The topological polar surface area (TPSA) is 76.3 Å². The molecule has 194 valence electrons.